The molecule has 4 heteroatoms. The van der Waals surface area contributed by atoms with E-state index in [-0.39, 0.29) is 12.0 Å². The van der Waals surface area contributed by atoms with E-state index in [1.54, 1.807) is 0 Å². The third-order valence-corrected chi connectivity index (χ3v) is 4.80. The molecule has 3 atom stereocenters. The lowest BCUT2D eigenvalue weighted by Gasteiger charge is -2.45. The van der Waals surface area contributed by atoms with E-state index >= 15 is 0 Å². The Morgan fingerprint density at radius 1 is 1.28 bits per heavy atom. The molecule has 1 saturated carbocycles. The molecule has 104 valence electrons. The summed E-state index contributed by atoms with van der Waals surface area (Å²) in [5.41, 5.74) is 0. The Morgan fingerprint density at radius 2 is 2.00 bits per heavy atom. The van der Waals surface area contributed by atoms with Gasteiger partial charge in [0.1, 0.15) is 0 Å². The summed E-state index contributed by atoms with van der Waals surface area (Å²) < 4.78 is 0. The molecule has 1 N–H and O–H groups in total. The van der Waals surface area contributed by atoms with Crippen molar-refractivity contribution in [2.24, 2.45) is 5.92 Å². The van der Waals surface area contributed by atoms with Crippen molar-refractivity contribution in [3.05, 3.63) is 0 Å². The topological polar surface area (TPSA) is 43.8 Å². The Labute approximate surface area is 110 Å². The van der Waals surface area contributed by atoms with Gasteiger partial charge < -0.3 is 10.0 Å². The van der Waals surface area contributed by atoms with Crippen LogP contribution in [0.5, 0.6) is 0 Å². The molecule has 1 aliphatic heterocycles. The van der Waals surface area contributed by atoms with Gasteiger partial charge in [-0.15, -0.1) is 0 Å². The van der Waals surface area contributed by atoms with E-state index in [0.717, 1.165) is 45.3 Å². The summed E-state index contributed by atoms with van der Waals surface area (Å²) in [5.74, 6) is -0.730. The van der Waals surface area contributed by atoms with Gasteiger partial charge in [0.05, 0.1) is 5.92 Å². The Bertz CT molecular complexity index is 296. The molecule has 0 aromatic carbocycles. The van der Waals surface area contributed by atoms with Crippen LogP contribution in [0.2, 0.25) is 0 Å². The molecule has 4 nitrogen and oxygen atoms in total. The monoisotopic (exact) mass is 254 g/mol. The fourth-order valence-corrected chi connectivity index (χ4v) is 3.55. The molecule has 1 saturated heterocycles. The standard InChI is InChI=1S/C14H26N2O2/c1-3-11-10-16(9-8-15(11)2)13-7-5-4-6-12(13)14(17)18/h11-13H,3-10H2,1-2H3,(H,17,18). The van der Waals surface area contributed by atoms with Crippen LogP contribution in [0.3, 0.4) is 0 Å². The number of carboxylic acids is 1. The van der Waals surface area contributed by atoms with Crippen molar-refractivity contribution >= 4 is 5.97 Å². The summed E-state index contributed by atoms with van der Waals surface area (Å²) >= 11 is 0. The van der Waals surface area contributed by atoms with Gasteiger partial charge in [0.2, 0.25) is 0 Å². The minimum Gasteiger partial charge on any atom is -0.481 e. The smallest absolute Gasteiger partial charge is 0.308 e. The number of carboxylic acid groups (broad SMARTS) is 1. The Morgan fingerprint density at radius 3 is 2.67 bits per heavy atom. The summed E-state index contributed by atoms with van der Waals surface area (Å²) in [6, 6.07) is 0.870. The van der Waals surface area contributed by atoms with Gasteiger partial charge in [-0.3, -0.25) is 9.69 Å². The first kappa shape index (κ1) is 13.8. The maximum absolute atomic E-state index is 11.4. The van der Waals surface area contributed by atoms with Gasteiger partial charge >= 0.3 is 5.97 Å². The van der Waals surface area contributed by atoms with Crippen LogP contribution < -0.4 is 0 Å². The van der Waals surface area contributed by atoms with E-state index in [4.69, 9.17) is 0 Å². The van der Waals surface area contributed by atoms with Crippen molar-refractivity contribution in [2.75, 3.05) is 26.7 Å². The van der Waals surface area contributed by atoms with E-state index in [1.807, 2.05) is 0 Å². The van der Waals surface area contributed by atoms with Crippen LogP contribution in [0.15, 0.2) is 0 Å². The van der Waals surface area contributed by atoms with E-state index in [1.165, 1.54) is 6.42 Å². The number of piperazine rings is 1. The van der Waals surface area contributed by atoms with Crippen LogP contribution in [0.4, 0.5) is 0 Å². The van der Waals surface area contributed by atoms with Crippen molar-refractivity contribution < 1.29 is 9.90 Å². The number of aliphatic carboxylic acids is 1. The largest absolute Gasteiger partial charge is 0.481 e. The first-order valence-electron chi connectivity index (χ1n) is 7.30. The minimum absolute atomic E-state index is 0.139. The van der Waals surface area contributed by atoms with Gasteiger partial charge in [0.15, 0.2) is 0 Å². The molecular weight excluding hydrogens is 228 g/mol. The Balaban J connectivity index is 2.02. The molecule has 2 fully saturated rings. The number of hydrogen-bond donors (Lipinski definition) is 1. The first-order valence-corrected chi connectivity index (χ1v) is 7.30. The van der Waals surface area contributed by atoms with E-state index in [0.29, 0.717) is 6.04 Å². The highest BCUT2D eigenvalue weighted by molar-refractivity contribution is 5.71. The zero-order valence-corrected chi connectivity index (χ0v) is 11.6. The summed E-state index contributed by atoms with van der Waals surface area (Å²) in [4.78, 5) is 16.2. The second-order valence-corrected chi connectivity index (χ2v) is 5.83. The highest BCUT2D eigenvalue weighted by atomic mass is 16.4. The molecule has 0 bridgehead atoms. The molecule has 0 spiro atoms. The van der Waals surface area contributed by atoms with Crippen LogP contribution in [0.25, 0.3) is 0 Å². The van der Waals surface area contributed by atoms with Gasteiger partial charge in [-0.25, -0.2) is 0 Å². The zero-order chi connectivity index (χ0) is 13.1. The van der Waals surface area contributed by atoms with Crippen LogP contribution in [0.1, 0.15) is 39.0 Å². The third-order valence-electron chi connectivity index (χ3n) is 4.80. The molecular formula is C14H26N2O2. The molecule has 0 radical (unpaired) electrons. The second kappa shape index (κ2) is 6.02. The average Bonchev–Trinajstić information content (AvgIpc) is 2.39. The van der Waals surface area contributed by atoms with Gasteiger partial charge in [-0.05, 0) is 26.3 Å². The fraction of sp³-hybridized carbons (Fsp3) is 0.929. The number of likely N-dealkylation sites (N-methyl/N-ethyl adjacent to an activating group) is 1. The van der Waals surface area contributed by atoms with Crippen LogP contribution in [-0.4, -0.2) is 59.6 Å². The number of hydrogen-bond acceptors (Lipinski definition) is 3. The van der Waals surface area contributed by atoms with Gasteiger partial charge in [0.25, 0.3) is 0 Å². The van der Waals surface area contributed by atoms with E-state index in [9.17, 15) is 9.90 Å². The van der Waals surface area contributed by atoms with Crippen LogP contribution in [-0.2, 0) is 4.79 Å². The molecule has 1 heterocycles. The molecule has 2 rings (SSSR count). The van der Waals surface area contributed by atoms with Crippen molar-refractivity contribution in [2.45, 2.75) is 51.1 Å². The fourth-order valence-electron chi connectivity index (χ4n) is 3.55. The SMILES string of the molecule is CCC1CN(C2CCCCC2C(=O)O)CCN1C. The highest BCUT2D eigenvalue weighted by Crippen LogP contribution is 2.30. The number of carbonyl (C=O) groups is 1. The summed E-state index contributed by atoms with van der Waals surface area (Å²) in [6.07, 6.45) is 5.35. The normalized spacial score (nSPS) is 35.6. The summed E-state index contributed by atoms with van der Waals surface area (Å²) in [5, 5.41) is 9.38. The summed E-state index contributed by atoms with van der Waals surface area (Å²) in [7, 11) is 2.18. The maximum atomic E-state index is 11.4. The number of rotatable bonds is 3. The Hall–Kier alpha value is -0.610. The van der Waals surface area contributed by atoms with Crippen molar-refractivity contribution in [1.29, 1.82) is 0 Å². The van der Waals surface area contributed by atoms with Crippen molar-refractivity contribution in [1.82, 2.24) is 9.80 Å². The first-order chi connectivity index (χ1) is 8.63. The molecule has 1 aliphatic carbocycles. The van der Waals surface area contributed by atoms with Gasteiger partial charge in [-0.2, -0.15) is 0 Å². The lowest BCUT2D eigenvalue weighted by Crippen LogP contribution is -2.57. The third kappa shape index (κ3) is 2.86. The lowest BCUT2D eigenvalue weighted by molar-refractivity contribution is -0.146. The van der Waals surface area contributed by atoms with Crippen molar-refractivity contribution in [3.63, 3.8) is 0 Å². The van der Waals surface area contributed by atoms with Gasteiger partial charge in [0, 0.05) is 31.7 Å². The van der Waals surface area contributed by atoms with Crippen LogP contribution in [0, 0.1) is 5.92 Å². The predicted octanol–water partition coefficient (Wildman–Crippen LogP) is 1.66. The van der Waals surface area contributed by atoms with E-state index < -0.39 is 5.97 Å². The second-order valence-electron chi connectivity index (χ2n) is 5.83. The van der Waals surface area contributed by atoms with Crippen LogP contribution >= 0.6 is 0 Å². The molecule has 2 aliphatic rings. The quantitative estimate of drug-likeness (QED) is 0.832. The molecule has 0 amide bonds. The number of nitrogens with zero attached hydrogens (tertiary/aromatic N) is 2. The highest BCUT2D eigenvalue weighted by Gasteiger charge is 2.37. The molecule has 3 unspecified atom stereocenters. The lowest BCUT2D eigenvalue weighted by atomic mass is 9.83. The summed E-state index contributed by atoms with van der Waals surface area (Å²) in [6.45, 7) is 5.37. The molecule has 18 heavy (non-hydrogen) atoms. The van der Waals surface area contributed by atoms with Crippen molar-refractivity contribution in [3.8, 4) is 0 Å². The zero-order valence-electron chi connectivity index (χ0n) is 11.6. The van der Waals surface area contributed by atoms with E-state index in [2.05, 4.69) is 23.8 Å². The average molecular weight is 254 g/mol. The predicted molar refractivity (Wildman–Crippen MR) is 71.7 cm³/mol. The molecule has 0 aromatic rings. The van der Waals surface area contributed by atoms with Gasteiger partial charge in [-0.1, -0.05) is 19.8 Å². The maximum Gasteiger partial charge on any atom is 0.308 e. The Kier molecular flexibility index (Phi) is 4.62. The minimum atomic E-state index is -0.591. The molecule has 0 aromatic heterocycles.